The van der Waals surface area contributed by atoms with Gasteiger partial charge in [0.15, 0.2) is 0 Å². The maximum Gasteiger partial charge on any atom is 0.333 e. The third-order valence-electron chi connectivity index (χ3n) is 2.00. The highest BCUT2D eigenvalue weighted by atomic mass is 16.5. The number of rotatable bonds is 2. The van der Waals surface area contributed by atoms with E-state index in [0.29, 0.717) is 5.82 Å². The molecule has 0 saturated heterocycles. The highest BCUT2D eigenvalue weighted by Gasteiger charge is 2.14. The average molecular weight is 219 g/mol. The molecule has 0 saturated carbocycles. The van der Waals surface area contributed by atoms with Gasteiger partial charge in [-0.1, -0.05) is 28.9 Å². The van der Waals surface area contributed by atoms with Crippen molar-refractivity contribution in [2.45, 2.75) is 6.92 Å². The summed E-state index contributed by atoms with van der Waals surface area (Å²) in [6.45, 7) is 1.94. The second-order valence-electron chi connectivity index (χ2n) is 3.23. The van der Waals surface area contributed by atoms with Crippen LogP contribution in [0.4, 0.5) is 0 Å². The van der Waals surface area contributed by atoms with E-state index in [0.717, 1.165) is 11.1 Å². The van der Waals surface area contributed by atoms with Crippen LogP contribution in [0.1, 0.15) is 16.2 Å². The first-order valence-electron chi connectivity index (χ1n) is 4.56. The summed E-state index contributed by atoms with van der Waals surface area (Å²) in [5.41, 5.74) is 3.22. The van der Waals surface area contributed by atoms with Crippen molar-refractivity contribution < 1.29 is 14.5 Å². The quantitative estimate of drug-likeness (QED) is 0.584. The van der Waals surface area contributed by atoms with Crippen LogP contribution in [0.2, 0.25) is 0 Å². The molecule has 0 aliphatic carbocycles. The molecule has 16 heavy (non-hydrogen) atoms. The van der Waals surface area contributed by atoms with Crippen LogP contribution < -0.4 is 5.48 Å². The van der Waals surface area contributed by atoms with Crippen molar-refractivity contribution in [1.29, 1.82) is 0 Å². The normalized spacial score (nSPS) is 10.1. The van der Waals surface area contributed by atoms with E-state index < -0.39 is 5.91 Å². The van der Waals surface area contributed by atoms with Crippen LogP contribution in [-0.2, 0) is 0 Å². The maximum absolute atomic E-state index is 11.0. The van der Waals surface area contributed by atoms with Crippen LogP contribution >= 0.6 is 0 Å². The van der Waals surface area contributed by atoms with Crippen LogP contribution in [-0.4, -0.2) is 21.3 Å². The Kier molecular flexibility index (Phi) is 2.65. The molecule has 6 nitrogen and oxygen atoms in total. The van der Waals surface area contributed by atoms with Crippen LogP contribution in [0.25, 0.3) is 11.4 Å². The van der Waals surface area contributed by atoms with Gasteiger partial charge in [0.05, 0.1) is 0 Å². The van der Waals surface area contributed by atoms with Gasteiger partial charge in [-0.05, 0) is 13.0 Å². The zero-order valence-electron chi connectivity index (χ0n) is 8.47. The predicted octanol–water partition coefficient (Wildman–Crippen LogP) is 1.16. The van der Waals surface area contributed by atoms with Crippen molar-refractivity contribution in [3.05, 3.63) is 35.7 Å². The molecule has 0 atom stereocenters. The Hall–Kier alpha value is -2.21. The Morgan fingerprint density at radius 2 is 2.31 bits per heavy atom. The second kappa shape index (κ2) is 4.11. The molecule has 0 spiro atoms. The van der Waals surface area contributed by atoms with Crippen LogP contribution in [0.5, 0.6) is 0 Å². The molecule has 0 fully saturated rings. The highest BCUT2D eigenvalue weighted by Crippen LogP contribution is 2.16. The van der Waals surface area contributed by atoms with E-state index in [-0.39, 0.29) is 5.89 Å². The Labute approximate surface area is 90.9 Å². The summed E-state index contributed by atoms with van der Waals surface area (Å²) in [5, 5.41) is 12.0. The fraction of sp³-hybridized carbons (Fsp3) is 0.100. The van der Waals surface area contributed by atoms with E-state index in [1.54, 1.807) is 6.07 Å². The Bertz CT molecular complexity index is 522. The number of amides is 1. The van der Waals surface area contributed by atoms with E-state index in [2.05, 4.69) is 14.7 Å². The number of nitrogens with one attached hydrogen (secondary N) is 1. The van der Waals surface area contributed by atoms with Crippen molar-refractivity contribution in [2.75, 3.05) is 0 Å². The van der Waals surface area contributed by atoms with Crippen molar-refractivity contribution in [2.24, 2.45) is 0 Å². The largest absolute Gasteiger partial charge is 0.333 e. The molecule has 0 aliphatic heterocycles. The fourth-order valence-corrected chi connectivity index (χ4v) is 1.26. The molecule has 0 radical (unpaired) electrons. The monoisotopic (exact) mass is 219 g/mol. The zero-order chi connectivity index (χ0) is 11.5. The van der Waals surface area contributed by atoms with Gasteiger partial charge in [-0.3, -0.25) is 10.0 Å². The highest BCUT2D eigenvalue weighted by molar-refractivity contribution is 5.88. The fourth-order valence-electron chi connectivity index (χ4n) is 1.26. The van der Waals surface area contributed by atoms with E-state index >= 15 is 0 Å². The summed E-state index contributed by atoms with van der Waals surface area (Å²) < 4.78 is 4.68. The molecule has 0 bridgehead atoms. The SMILES string of the molecule is Cc1cccc(-c2noc(C(=O)NO)n2)c1. The third kappa shape index (κ3) is 1.91. The minimum Gasteiger partial charge on any atom is -0.328 e. The number of hydroxylamine groups is 1. The van der Waals surface area contributed by atoms with Gasteiger partial charge < -0.3 is 4.52 Å². The van der Waals surface area contributed by atoms with Crippen molar-refractivity contribution >= 4 is 5.91 Å². The van der Waals surface area contributed by atoms with Gasteiger partial charge in [-0.25, -0.2) is 5.48 Å². The Balaban J connectivity index is 2.35. The van der Waals surface area contributed by atoms with E-state index in [9.17, 15) is 4.79 Å². The van der Waals surface area contributed by atoms with Crippen LogP contribution in [0.15, 0.2) is 28.8 Å². The number of benzene rings is 1. The molecule has 2 N–H and O–H groups in total. The minimum absolute atomic E-state index is 0.279. The smallest absolute Gasteiger partial charge is 0.328 e. The molecular weight excluding hydrogens is 210 g/mol. The first kappa shape index (κ1) is 10.3. The number of aryl methyl sites for hydroxylation is 1. The lowest BCUT2D eigenvalue weighted by Gasteiger charge is -1.94. The summed E-state index contributed by atoms with van der Waals surface area (Å²) in [6, 6.07) is 7.46. The lowest BCUT2D eigenvalue weighted by molar-refractivity contribution is 0.0659. The lowest BCUT2D eigenvalue weighted by atomic mass is 10.1. The number of aromatic nitrogens is 2. The van der Waals surface area contributed by atoms with Gasteiger partial charge >= 0.3 is 11.8 Å². The summed E-state index contributed by atoms with van der Waals surface area (Å²) in [7, 11) is 0. The van der Waals surface area contributed by atoms with Crippen molar-refractivity contribution in [3.63, 3.8) is 0 Å². The van der Waals surface area contributed by atoms with Gasteiger partial charge in [-0.15, -0.1) is 0 Å². The number of hydrogen-bond donors (Lipinski definition) is 2. The topological polar surface area (TPSA) is 88.2 Å². The van der Waals surface area contributed by atoms with E-state index in [4.69, 9.17) is 5.21 Å². The van der Waals surface area contributed by atoms with Crippen molar-refractivity contribution in [1.82, 2.24) is 15.6 Å². The average Bonchev–Trinajstić information content (AvgIpc) is 2.77. The summed E-state index contributed by atoms with van der Waals surface area (Å²) in [6.07, 6.45) is 0. The van der Waals surface area contributed by atoms with Gasteiger partial charge in [-0.2, -0.15) is 4.98 Å². The number of carbonyl (C=O) groups is 1. The first-order chi connectivity index (χ1) is 7.70. The number of hydrogen-bond acceptors (Lipinski definition) is 5. The standard InChI is InChI=1S/C10H9N3O3/c1-6-3-2-4-7(5-6)8-11-10(16-13-8)9(14)12-15/h2-5,15H,1H3,(H,12,14). The van der Waals surface area contributed by atoms with Crippen molar-refractivity contribution in [3.8, 4) is 11.4 Å². The number of carbonyl (C=O) groups excluding carboxylic acids is 1. The third-order valence-corrected chi connectivity index (χ3v) is 2.00. The summed E-state index contributed by atoms with van der Waals surface area (Å²) >= 11 is 0. The zero-order valence-corrected chi connectivity index (χ0v) is 8.47. The first-order valence-corrected chi connectivity index (χ1v) is 4.56. The van der Waals surface area contributed by atoms with Crippen LogP contribution in [0, 0.1) is 6.92 Å². The molecule has 2 aromatic rings. The van der Waals surface area contributed by atoms with Gasteiger partial charge in [0.25, 0.3) is 0 Å². The molecule has 1 amide bonds. The summed E-state index contributed by atoms with van der Waals surface area (Å²) in [5.74, 6) is -0.798. The second-order valence-corrected chi connectivity index (χ2v) is 3.23. The minimum atomic E-state index is -0.827. The molecule has 0 aliphatic rings. The molecule has 0 unspecified atom stereocenters. The molecule has 1 heterocycles. The summed E-state index contributed by atoms with van der Waals surface area (Å²) in [4.78, 5) is 14.8. The van der Waals surface area contributed by atoms with Crippen LogP contribution in [0.3, 0.4) is 0 Å². The number of nitrogens with zero attached hydrogens (tertiary/aromatic N) is 2. The van der Waals surface area contributed by atoms with E-state index in [1.165, 1.54) is 5.48 Å². The molecule has 2 rings (SSSR count). The maximum atomic E-state index is 11.0. The predicted molar refractivity (Wildman–Crippen MR) is 53.7 cm³/mol. The molecule has 6 heteroatoms. The Morgan fingerprint density at radius 3 is 3.00 bits per heavy atom. The van der Waals surface area contributed by atoms with Gasteiger partial charge in [0.1, 0.15) is 0 Å². The Morgan fingerprint density at radius 1 is 1.50 bits per heavy atom. The van der Waals surface area contributed by atoms with E-state index in [1.807, 2.05) is 25.1 Å². The molecular formula is C10H9N3O3. The molecule has 1 aromatic carbocycles. The van der Waals surface area contributed by atoms with Gasteiger partial charge in [0, 0.05) is 5.56 Å². The lowest BCUT2D eigenvalue weighted by Crippen LogP contribution is -2.18. The molecule has 82 valence electrons. The molecule has 1 aromatic heterocycles. The van der Waals surface area contributed by atoms with Gasteiger partial charge in [0.2, 0.25) is 5.82 Å².